The highest BCUT2D eigenvalue weighted by molar-refractivity contribution is 9.10. The average molecular weight is 324 g/mol. The van der Waals surface area contributed by atoms with Gasteiger partial charge >= 0.3 is 0 Å². The Labute approximate surface area is 124 Å². The van der Waals surface area contributed by atoms with Gasteiger partial charge in [0.1, 0.15) is 5.82 Å². The Kier molecular flexibility index (Phi) is 4.38. The summed E-state index contributed by atoms with van der Waals surface area (Å²) in [6.07, 6.45) is 9.00. The van der Waals surface area contributed by atoms with Gasteiger partial charge in [0.25, 0.3) is 0 Å². The molecule has 1 saturated heterocycles. The van der Waals surface area contributed by atoms with Crippen LogP contribution in [-0.4, -0.2) is 42.1 Å². The molecule has 3 rings (SSSR count). The molecule has 0 N–H and O–H groups in total. The van der Waals surface area contributed by atoms with Crippen molar-refractivity contribution in [2.75, 3.05) is 31.1 Å². The fourth-order valence-electron chi connectivity index (χ4n) is 3.36. The van der Waals surface area contributed by atoms with Gasteiger partial charge in [-0.1, -0.05) is 19.3 Å². The summed E-state index contributed by atoms with van der Waals surface area (Å²) in [5.74, 6) is 1.10. The third-order valence-corrected chi connectivity index (χ3v) is 5.06. The first-order chi connectivity index (χ1) is 9.34. The topological polar surface area (TPSA) is 19.4 Å². The van der Waals surface area contributed by atoms with Crippen LogP contribution >= 0.6 is 15.9 Å². The van der Waals surface area contributed by atoms with Gasteiger partial charge in [0.2, 0.25) is 0 Å². The number of piperazine rings is 1. The highest BCUT2D eigenvalue weighted by Gasteiger charge is 2.25. The largest absolute Gasteiger partial charge is 0.353 e. The van der Waals surface area contributed by atoms with Gasteiger partial charge in [0.05, 0.1) is 4.47 Å². The van der Waals surface area contributed by atoms with Crippen LogP contribution in [-0.2, 0) is 0 Å². The highest BCUT2D eigenvalue weighted by atomic mass is 79.9. The molecule has 2 heterocycles. The van der Waals surface area contributed by atoms with Gasteiger partial charge in [0.15, 0.2) is 0 Å². The zero-order chi connectivity index (χ0) is 13.1. The second-order valence-corrected chi connectivity index (χ2v) is 6.48. The van der Waals surface area contributed by atoms with Gasteiger partial charge in [-0.3, -0.25) is 4.90 Å². The summed E-state index contributed by atoms with van der Waals surface area (Å²) in [6, 6.07) is 4.91. The predicted molar refractivity (Wildman–Crippen MR) is 82.6 cm³/mol. The lowest BCUT2D eigenvalue weighted by atomic mass is 9.94. The summed E-state index contributed by atoms with van der Waals surface area (Å²) in [4.78, 5) is 9.61. The molecule has 2 fully saturated rings. The molecule has 104 valence electrons. The van der Waals surface area contributed by atoms with Crippen molar-refractivity contribution in [1.29, 1.82) is 0 Å². The van der Waals surface area contributed by atoms with Crippen molar-refractivity contribution in [2.24, 2.45) is 0 Å². The standard InChI is InChI=1S/C15H22BrN3/c16-14-7-4-8-17-15(14)19-11-9-18(10-12-19)13-5-2-1-3-6-13/h4,7-8,13H,1-3,5-6,9-12H2. The van der Waals surface area contributed by atoms with E-state index in [1.54, 1.807) is 0 Å². The smallest absolute Gasteiger partial charge is 0.142 e. The van der Waals surface area contributed by atoms with E-state index >= 15 is 0 Å². The van der Waals surface area contributed by atoms with E-state index in [1.165, 1.54) is 45.2 Å². The summed E-state index contributed by atoms with van der Waals surface area (Å²) < 4.78 is 1.11. The van der Waals surface area contributed by atoms with Crippen LogP contribution in [0.25, 0.3) is 0 Å². The van der Waals surface area contributed by atoms with Crippen molar-refractivity contribution in [1.82, 2.24) is 9.88 Å². The zero-order valence-electron chi connectivity index (χ0n) is 11.4. The number of nitrogens with zero attached hydrogens (tertiary/aromatic N) is 3. The molecule has 3 nitrogen and oxygen atoms in total. The molecule has 0 aromatic carbocycles. The molecule has 1 aromatic heterocycles. The number of hydrogen-bond acceptors (Lipinski definition) is 3. The monoisotopic (exact) mass is 323 g/mol. The molecule has 0 spiro atoms. The molecule has 1 aliphatic heterocycles. The summed E-state index contributed by atoms with van der Waals surface area (Å²) in [6.45, 7) is 4.58. The minimum atomic E-state index is 0.850. The second kappa shape index (κ2) is 6.23. The molecular formula is C15H22BrN3. The van der Waals surface area contributed by atoms with E-state index in [1.807, 2.05) is 12.3 Å². The van der Waals surface area contributed by atoms with E-state index in [2.05, 4.69) is 36.8 Å². The lowest BCUT2D eigenvalue weighted by Crippen LogP contribution is -2.51. The minimum absolute atomic E-state index is 0.850. The van der Waals surface area contributed by atoms with Crippen LogP contribution in [0.15, 0.2) is 22.8 Å². The molecular weight excluding hydrogens is 302 g/mol. The van der Waals surface area contributed by atoms with Gasteiger partial charge < -0.3 is 4.90 Å². The zero-order valence-corrected chi connectivity index (χ0v) is 13.0. The van der Waals surface area contributed by atoms with Crippen molar-refractivity contribution in [3.05, 3.63) is 22.8 Å². The van der Waals surface area contributed by atoms with Crippen LogP contribution in [0, 0.1) is 0 Å². The molecule has 1 saturated carbocycles. The van der Waals surface area contributed by atoms with Crippen LogP contribution in [0.5, 0.6) is 0 Å². The number of anilines is 1. The fraction of sp³-hybridized carbons (Fsp3) is 0.667. The molecule has 0 amide bonds. The van der Waals surface area contributed by atoms with Crippen LogP contribution in [0.3, 0.4) is 0 Å². The second-order valence-electron chi connectivity index (χ2n) is 5.62. The summed E-state index contributed by atoms with van der Waals surface area (Å²) in [7, 11) is 0. The van der Waals surface area contributed by atoms with Crippen molar-refractivity contribution < 1.29 is 0 Å². The maximum Gasteiger partial charge on any atom is 0.142 e. The molecule has 0 radical (unpaired) electrons. The lowest BCUT2D eigenvalue weighted by Gasteiger charge is -2.41. The van der Waals surface area contributed by atoms with Crippen molar-refractivity contribution in [2.45, 2.75) is 38.1 Å². The van der Waals surface area contributed by atoms with E-state index in [-0.39, 0.29) is 0 Å². The summed E-state index contributed by atoms with van der Waals surface area (Å²) >= 11 is 3.61. The molecule has 0 unspecified atom stereocenters. The van der Waals surface area contributed by atoms with E-state index in [9.17, 15) is 0 Å². The van der Waals surface area contributed by atoms with E-state index < -0.39 is 0 Å². The molecule has 4 heteroatoms. The molecule has 19 heavy (non-hydrogen) atoms. The fourth-order valence-corrected chi connectivity index (χ4v) is 3.86. The first-order valence-corrected chi connectivity index (χ1v) is 8.23. The number of halogens is 1. The van der Waals surface area contributed by atoms with Crippen LogP contribution in [0.1, 0.15) is 32.1 Å². The Bertz CT molecular complexity index is 410. The Hall–Kier alpha value is -0.610. The predicted octanol–water partition coefficient (Wildman–Crippen LogP) is 3.30. The number of pyridine rings is 1. The maximum atomic E-state index is 4.50. The first-order valence-electron chi connectivity index (χ1n) is 7.44. The number of aromatic nitrogens is 1. The quantitative estimate of drug-likeness (QED) is 0.832. The normalized spacial score (nSPS) is 22.7. The third kappa shape index (κ3) is 3.11. The van der Waals surface area contributed by atoms with Crippen LogP contribution in [0.4, 0.5) is 5.82 Å². The molecule has 0 bridgehead atoms. The van der Waals surface area contributed by atoms with Crippen molar-refractivity contribution >= 4 is 21.7 Å². The molecule has 1 aliphatic carbocycles. The Morgan fingerprint density at radius 2 is 1.79 bits per heavy atom. The highest BCUT2D eigenvalue weighted by Crippen LogP contribution is 2.27. The Balaban J connectivity index is 1.58. The van der Waals surface area contributed by atoms with E-state index in [4.69, 9.17) is 0 Å². The van der Waals surface area contributed by atoms with Crippen molar-refractivity contribution in [3.63, 3.8) is 0 Å². The maximum absolute atomic E-state index is 4.50. The summed E-state index contributed by atoms with van der Waals surface area (Å²) in [5.41, 5.74) is 0. The van der Waals surface area contributed by atoms with Gasteiger partial charge in [-0.25, -0.2) is 4.98 Å². The minimum Gasteiger partial charge on any atom is -0.353 e. The van der Waals surface area contributed by atoms with Gasteiger partial charge in [-0.15, -0.1) is 0 Å². The first kappa shape index (κ1) is 13.4. The summed E-state index contributed by atoms with van der Waals surface area (Å²) in [5, 5.41) is 0. The average Bonchev–Trinajstić information content (AvgIpc) is 2.49. The van der Waals surface area contributed by atoms with Crippen LogP contribution < -0.4 is 4.90 Å². The van der Waals surface area contributed by atoms with Gasteiger partial charge in [-0.2, -0.15) is 0 Å². The van der Waals surface area contributed by atoms with E-state index in [0.29, 0.717) is 0 Å². The Morgan fingerprint density at radius 1 is 1.05 bits per heavy atom. The molecule has 0 atom stereocenters. The van der Waals surface area contributed by atoms with Crippen LogP contribution in [0.2, 0.25) is 0 Å². The SMILES string of the molecule is Brc1cccnc1N1CCN(C2CCCCC2)CC1. The third-order valence-electron chi connectivity index (χ3n) is 4.44. The van der Waals surface area contributed by atoms with Crippen molar-refractivity contribution in [3.8, 4) is 0 Å². The number of hydrogen-bond donors (Lipinski definition) is 0. The molecule has 2 aliphatic rings. The Morgan fingerprint density at radius 3 is 2.47 bits per heavy atom. The van der Waals surface area contributed by atoms with Gasteiger partial charge in [0, 0.05) is 38.4 Å². The number of rotatable bonds is 2. The van der Waals surface area contributed by atoms with Gasteiger partial charge in [-0.05, 0) is 40.9 Å². The molecule has 1 aromatic rings. The van der Waals surface area contributed by atoms with E-state index in [0.717, 1.165) is 29.4 Å². The lowest BCUT2D eigenvalue weighted by molar-refractivity contribution is 0.147.